The van der Waals surface area contributed by atoms with Crippen LogP contribution in [-0.4, -0.2) is 27.5 Å². The molecule has 0 atom stereocenters. The first-order valence-corrected chi connectivity index (χ1v) is 6.07. The van der Waals surface area contributed by atoms with Crippen LogP contribution < -0.4 is 4.74 Å². The van der Waals surface area contributed by atoms with Gasteiger partial charge in [-0.2, -0.15) is 0 Å². The monoisotopic (exact) mass is 300 g/mol. The third kappa shape index (κ3) is 3.19. The van der Waals surface area contributed by atoms with E-state index < -0.39 is 12.6 Å². The molecule has 1 N–H and O–H groups in total. The fourth-order valence-corrected chi connectivity index (χ4v) is 2.10. The first-order valence-electron chi connectivity index (χ1n) is 5.31. The fourth-order valence-electron chi connectivity index (χ4n) is 1.60. The summed E-state index contributed by atoms with van der Waals surface area (Å²) in [7, 11) is 1.72. The number of halogens is 2. The number of aromatic nitrogens is 2. The number of ether oxygens (including phenoxy) is 1. The molecule has 1 aromatic carbocycles. The van der Waals surface area contributed by atoms with Crippen molar-refractivity contribution in [2.45, 2.75) is 0 Å². The Morgan fingerprint density at radius 1 is 1.42 bits per heavy atom. The van der Waals surface area contributed by atoms with Gasteiger partial charge >= 0.3 is 5.97 Å². The Kier molecular flexibility index (Phi) is 3.97. The van der Waals surface area contributed by atoms with Crippen molar-refractivity contribution in [1.29, 1.82) is 0 Å². The highest BCUT2D eigenvalue weighted by atomic mass is 35.5. The summed E-state index contributed by atoms with van der Waals surface area (Å²) in [4.78, 5) is 10.4. The van der Waals surface area contributed by atoms with Crippen molar-refractivity contribution in [1.82, 2.24) is 9.78 Å². The van der Waals surface area contributed by atoms with Gasteiger partial charge < -0.3 is 9.84 Å². The van der Waals surface area contributed by atoms with Crippen LogP contribution in [0.25, 0.3) is 11.3 Å². The highest BCUT2D eigenvalue weighted by Gasteiger charge is 2.12. The van der Waals surface area contributed by atoms with E-state index >= 15 is 0 Å². The smallest absolute Gasteiger partial charge is 0.341 e. The summed E-state index contributed by atoms with van der Waals surface area (Å²) in [6.07, 6.45) is 0. The summed E-state index contributed by atoms with van der Waals surface area (Å²) < 4.78 is 6.58. The van der Waals surface area contributed by atoms with Crippen molar-refractivity contribution < 1.29 is 14.6 Å². The molecule has 0 fully saturated rings. The summed E-state index contributed by atoms with van der Waals surface area (Å²) in [5.74, 6) is -0.831. The van der Waals surface area contributed by atoms with Gasteiger partial charge in [-0.25, -0.2) is 4.79 Å². The molecule has 0 radical (unpaired) electrons. The molecule has 0 spiro atoms. The molecular formula is C12H10Cl2N2O3. The Balaban J connectivity index is 2.32. The van der Waals surface area contributed by atoms with Gasteiger partial charge in [-0.15, -0.1) is 5.10 Å². The first-order chi connectivity index (χ1) is 8.97. The number of benzene rings is 1. The van der Waals surface area contributed by atoms with Crippen LogP contribution in [0, 0.1) is 0 Å². The number of hydrogen-bond acceptors (Lipinski definition) is 3. The lowest BCUT2D eigenvalue weighted by atomic mass is 10.1. The molecule has 0 aliphatic rings. The minimum atomic E-state index is -1.06. The summed E-state index contributed by atoms with van der Waals surface area (Å²) >= 11 is 11.9. The lowest BCUT2D eigenvalue weighted by Crippen LogP contribution is -2.09. The number of rotatable bonds is 4. The standard InChI is InChI=1S/C12H10Cl2N2O3/c1-16-10(5-11(15-16)19-6-12(17)18)8-3-2-7(13)4-9(8)14/h2-5H,6H2,1H3,(H,17,18). The molecule has 0 aliphatic carbocycles. The highest BCUT2D eigenvalue weighted by molar-refractivity contribution is 6.36. The van der Waals surface area contributed by atoms with Gasteiger partial charge in [-0.1, -0.05) is 23.2 Å². The summed E-state index contributed by atoms with van der Waals surface area (Å²) in [5.41, 5.74) is 1.45. The van der Waals surface area contributed by atoms with Gasteiger partial charge in [0.25, 0.3) is 0 Å². The van der Waals surface area contributed by atoms with E-state index in [4.69, 9.17) is 33.0 Å². The SMILES string of the molecule is Cn1nc(OCC(=O)O)cc1-c1ccc(Cl)cc1Cl. The minimum absolute atomic E-state index is 0.228. The summed E-state index contributed by atoms with van der Waals surface area (Å²) in [6, 6.07) is 6.73. The lowest BCUT2D eigenvalue weighted by molar-refractivity contribution is -0.139. The van der Waals surface area contributed by atoms with E-state index in [2.05, 4.69) is 5.10 Å². The van der Waals surface area contributed by atoms with Gasteiger partial charge in [-0.3, -0.25) is 4.68 Å². The zero-order chi connectivity index (χ0) is 14.0. The Hall–Kier alpha value is -1.72. The molecule has 100 valence electrons. The van der Waals surface area contributed by atoms with Crippen molar-refractivity contribution in [3.63, 3.8) is 0 Å². The van der Waals surface area contributed by atoms with Crippen molar-refractivity contribution in [3.05, 3.63) is 34.3 Å². The second-order valence-corrected chi connectivity index (χ2v) is 4.64. The number of carboxylic acid groups (broad SMARTS) is 1. The van der Waals surface area contributed by atoms with Crippen molar-refractivity contribution in [3.8, 4) is 17.1 Å². The average molecular weight is 301 g/mol. The van der Waals surface area contributed by atoms with E-state index in [0.717, 1.165) is 5.56 Å². The van der Waals surface area contributed by atoms with Gasteiger partial charge in [0, 0.05) is 23.7 Å². The number of nitrogens with zero attached hydrogens (tertiary/aromatic N) is 2. The molecule has 0 unspecified atom stereocenters. The maximum absolute atomic E-state index is 10.4. The number of carboxylic acids is 1. The van der Waals surface area contributed by atoms with Crippen molar-refractivity contribution >= 4 is 29.2 Å². The third-order valence-electron chi connectivity index (χ3n) is 2.41. The van der Waals surface area contributed by atoms with E-state index in [1.807, 2.05) is 0 Å². The second-order valence-electron chi connectivity index (χ2n) is 3.80. The van der Waals surface area contributed by atoms with Gasteiger partial charge in [0.15, 0.2) is 6.61 Å². The predicted octanol–water partition coefficient (Wildman–Crippen LogP) is 2.86. The van der Waals surface area contributed by atoms with Crippen LogP contribution in [0.3, 0.4) is 0 Å². The predicted molar refractivity (Wildman–Crippen MR) is 71.8 cm³/mol. The second kappa shape index (κ2) is 5.50. The normalized spacial score (nSPS) is 10.5. The first kappa shape index (κ1) is 13.7. The van der Waals surface area contributed by atoms with Crippen LogP contribution in [0.2, 0.25) is 10.0 Å². The Labute approximate surface area is 119 Å². The average Bonchev–Trinajstić information content (AvgIpc) is 2.68. The maximum Gasteiger partial charge on any atom is 0.341 e. The molecule has 7 heteroatoms. The van der Waals surface area contributed by atoms with Crippen LogP contribution in [0.4, 0.5) is 0 Å². The topological polar surface area (TPSA) is 64.4 Å². The quantitative estimate of drug-likeness (QED) is 0.943. The number of aryl methyl sites for hydroxylation is 1. The van der Waals surface area contributed by atoms with Crippen LogP contribution in [-0.2, 0) is 11.8 Å². The molecule has 0 bridgehead atoms. The van der Waals surface area contributed by atoms with Crippen LogP contribution in [0.1, 0.15) is 0 Å². The molecule has 1 heterocycles. The lowest BCUT2D eigenvalue weighted by Gasteiger charge is -2.04. The molecule has 19 heavy (non-hydrogen) atoms. The molecule has 1 aromatic heterocycles. The number of carbonyl (C=O) groups is 1. The van der Waals surface area contributed by atoms with Gasteiger partial charge in [0.05, 0.1) is 10.7 Å². The Morgan fingerprint density at radius 2 is 2.16 bits per heavy atom. The molecular weight excluding hydrogens is 291 g/mol. The summed E-state index contributed by atoms with van der Waals surface area (Å²) in [6.45, 7) is -0.440. The van der Waals surface area contributed by atoms with Crippen LogP contribution >= 0.6 is 23.2 Å². The molecule has 0 aliphatic heterocycles. The van der Waals surface area contributed by atoms with E-state index in [-0.39, 0.29) is 5.88 Å². The van der Waals surface area contributed by atoms with Gasteiger partial charge in [-0.05, 0) is 18.2 Å². The van der Waals surface area contributed by atoms with E-state index in [0.29, 0.717) is 15.7 Å². The molecule has 0 saturated heterocycles. The fraction of sp³-hybridized carbons (Fsp3) is 0.167. The summed E-state index contributed by atoms with van der Waals surface area (Å²) in [5, 5.41) is 13.6. The maximum atomic E-state index is 10.4. The van der Waals surface area contributed by atoms with Crippen LogP contribution in [0.15, 0.2) is 24.3 Å². The molecule has 5 nitrogen and oxygen atoms in total. The number of aliphatic carboxylic acids is 1. The van der Waals surface area contributed by atoms with E-state index in [1.54, 1.807) is 36.0 Å². The largest absolute Gasteiger partial charge is 0.479 e. The molecule has 2 rings (SSSR count). The highest BCUT2D eigenvalue weighted by Crippen LogP contribution is 2.31. The number of hydrogen-bond donors (Lipinski definition) is 1. The van der Waals surface area contributed by atoms with E-state index in [1.165, 1.54) is 0 Å². The van der Waals surface area contributed by atoms with Gasteiger partial charge in [0.2, 0.25) is 5.88 Å². The molecule has 2 aromatic rings. The molecule has 0 amide bonds. The van der Waals surface area contributed by atoms with Gasteiger partial charge in [0.1, 0.15) is 0 Å². The Bertz CT molecular complexity index is 625. The zero-order valence-electron chi connectivity index (χ0n) is 9.93. The Morgan fingerprint density at radius 3 is 2.79 bits per heavy atom. The minimum Gasteiger partial charge on any atom is -0.479 e. The van der Waals surface area contributed by atoms with E-state index in [9.17, 15) is 4.79 Å². The van der Waals surface area contributed by atoms with Crippen molar-refractivity contribution in [2.24, 2.45) is 7.05 Å². The molecule has 0 saturated carbocycles. The van der Waals surface area contributed by atoms with Crippen molar-refractivity contribution in [2.75, 3.05) is 6.61 Å². The zero-order valence-corrected chi connectivity index (χ0v) is 11.4. The van der Waals surface area contributed by atoms with Crippen LogP contribution in [0.5, 0.6) is 5.88 Å². The third-order valence-corrected chi connectivity index (χ3v) is 2.96.